The van der Waals surface area contributed by atoms with Crippen LogP contribution in [0.4, 0.5) is 16.6 Å². The van der Waals surface area contributed by atoms with E-state index >= 15 is 0 Å². The minimum atomic E-state index is -0.710. The lowest BCUT2D eigenvalue weighted by Crippen LogP contribution is -2.45. The maximum atomic E-state index is 13.4. The molecule has 11 heteroatoms. The molecule has 1 N–H and O–H groups in total. The zero-order valence-electron chi connectivity index (χ0n) is 22.8. The second-order valence-electron chi connectivity index (χ2n) is 11.1. The van der Waals surface area contributed by atoms with Crippen molar-refractivity contribution < 1.29 is 19.1 Å². The Hall–Kier alpha value is -4.15. The van der Waals surface area contributed by atoms with E-state index < -0.39 is 17.6 Å². The van der Waals surface area contributed by atoms with Crippen molar-refractivity contribution in [3.63, 3.8) is 0 Å². The second kappa shape index (κ2) is 9.87. The number of ketones is 1. The van der Waals surface area contributed by atoms with Crippen molar-refractivity contribution in [1.82, 2.24) is 24.4 Å². The summed E-state index contributed by atoms with van der Waals surface area (Å²) in [7, 11) is 0. The molecule has 4 heterocycles. The molecule has 5 rings (SSSR count). The average Bonchev–Trinajstić information content (AvgIpc) is 3.37. The van der Waals surface area contributed by atoms with Gasteiger partial charge in [-0.1, -0.05) is 12.8 Å². The third kappa shape index (κ3) is 5.00. The molecule has 3 aromatic rings. The molecule has 0 radical (unpaired) electrons. The van der Waals surface area contributed by atoms with Crippen LogP contribution in [0.3, 0.4) is 0 Å². The van der Waals surface area contributed by atoms with Gasteiger partial charge in [-0.25, -0.2) is 19.7 Å². The highest BCUT2D eigenvalue weighted by Gasteiger charge is 2.33. The van der Waals surface area contributed by atoms with E-state index in [1.807, 2.05) is 0 Å². The summed E-state index contributed by atoms with van der Waals surface area (Å²) in [6.45, 7) is 8.56. The van der Waals surface area contributed by atoms with E-state index in [0.717, 1.165) is 30.6 Å². The van der Waals surface area contributed by atoms with Gasteiger partial charge in [-0.15, -0.1) is 0 Å². The molecule has 0 spiro atoms. The van der Waals surface area contributed by atoms with Gasteiger partial charge in [-0.05, 0) is 65.2 Å². The number of fused-ring (bicyclic) bond motifs is 2. The first-order valence-electron chi connectivity index (χ1n) is 13.2. The monoisotopic (exact) mass is 532 g/mol. The maximum Gasteiger partial charge on any atom is 0.417 e. The van der Waals surface area contributed by atoms with Gasteiger partial charge < -0.3 is 10.1 Å². The SMILES string of the molecule is CC(=O)c1c(C)c2cnc(Nc3ccc4c(n3)CCN(C(=O)OC(C)(C)C)C4=O)nc2n(C2CCCC2)c1=O. The normalized spacial score (nSPS) is 15.9. The average molecular weight is 533 g/mol. The molecule has 39 heavy (non-hydrogen) atoms. The van der Waals surface area contributed by atoms with Crippen LogP contribution in [0.25, 0.3) is 11.0 Å². The highest BCUT2D eigenvalue weighted by Crippen LogP contribution is 2.32. The van der Waals surface area contributed by atoms with Crippen molar-refractivity contribution in [3.05, 3.63) is 51.1 Å². The molecule has 11 nitrogen and oxygen atoms in total. The molecule has 204 valence electrons. The van der Waals surface area contributed by atoms with E-state index in [1.165, 1.54) is 6.92 Å². The number of Topliss-reactive ketones (excluding diaryl/α,β-unsaturated/α-hetero) is 1. The lowest BCUT2D eigenvalue weighted by atomic mass is 10.0. The molecule has 0 bridgehead atoms. The topological polar surface area (TPSA) is 136 Å². The summed E-state index contributed by atoms with van der Waals surface area (Å²) in [4.78, 5) is 66.0. The summed E-state index contributed by atoms with van der Waals surface area (Å²) < 4.78 is 7.01. The van der Waals surface area contributed by atoms with E-state index in [4.69, 9.17) is 4.74 Å². The van der Waals surface area contributed by atoms with Crippen molar-refractivity contribution in [1.29, 1.82) is 0 Å². The van der Waals surface area contributed by atoms with Crippen LogP contribution >= 0.6 is 0 Å². The summed E-state index contributed by atoms with van der Waals surface area (Å²) in [6.07, 6.45) is 5.05. The Labute approximate surface area is 225 Å². The minimum Gasteiger partial charge on any atom is -0.443 e. The molecule has 1 aliphatic carbocycles. The highest BCUT2D eigenvalue weighted by atomic mass is 16.6. The molecule has 0 saturated heterocycles. The number of aryl methyl sites for hydroxylation is 1. The molecule has 1 aliphatic heterocycles. The van der Waals surface area contributed by atoms with Gasteiger partial charge in [0.25, 0.3) is 11.5 Å². The van der Waals surface area contributed by atoms with Crippen LogP contribution in [-0.2, 0) is 11.2 Å². The van der Waals surface area contributed by atoms with Gasteiger partial charge in [-0.3, -0.25) is 19.0 Å². The Balaban J connectivity index is 1.47. The number of ether oxygens (including phenoxy) is 1. The molecule has 1 fully saturated rings. The first-order chi connectivity index (χ1) is 18.4. The molecular formula is C28H32N6O5. The minimum absolute atomic E-state index is 0.0257. The Morgan fingerprint density at radius 1 is 1.10 bits per heavy atom. The number of nitrogens with zero attached hydrogens (tertiary/aromatic N) is 5. The summed E-state index contributed by atoms with van der Waals surface area (Å²) in [5, 5.41) is 3.74. The number of hydrogen-bond donors (Lipinski definition) is 1. The van der Waals surface area contributed by atoms with Gasteiger partial charge in [-0.2, -0.15) is 4.98 Å². The van der Waals surface area contributed by atoms with E-state index in [9.17, 15) is 19.2 Å². The van der Waals surface area contributed by atoms with Gasteiger partial charge in [0.15, 0.2) is 5.78 Å². The predicted molar refractivity (Wildman–Crippen MR) is 145 cm³/mol. The molecule has 1 saturated carbocycles. The zero-order chi connectivity index (χ0) is 28.1. The molecule has 0 aromatic carbocycles. The fourth-order valence-electron chi connectivity index (χ4n) is 5.34. The number of hydrogen-bond acceptors (Lipinski definition) is 9. The third-order valence-electron chi connectivity index (χ3n) is 7.13. The fourth-order valence-corrected chi connectivity index (χ4v) is 5.34. The first kappa shape index (κ1) is 26.5. The van der Waals surface area contributed by atoms with E-state index in [2.05, 4.69) is 20.3 Å². The number of imide groups is 1. The van der Waals surface area contributed by atoms with E-state index in [1.54, 1.807) is 50.6 Å². The number of aromatic nitrogens is 4. The largest absolute Gasteiger partial charge is 0.443 e. The Kier molecular flexibility index (Phi) is 6.69. The molecular weight excluding hydrogens is 500 g/mol. The number of anilines is 2. The molecule has 3 aromatic heterocycles. The van der Waals surface area contributed by atoms with Gasteiger partial charge in [0, 0.05) is 30.6 Å². The summed E-state index contributed by atoms with van der Waals surface area (Å²) in [5.41, 5.74) is 1.09. The first-order valence-corrected chi connectivity index (χ1v) is 13.2. The summed E-state index contributed by atoms with van der Waals surface area (Å²) in [5.74, 6) is -0.0534. The number of amides is 2. The van der Waals surface area contributed by atoms with Crippen LogP contribution in [0.2, 0.25) is 0 Å². The smallest absolute Gasteiger partial charge is 0.417 e. The highest BCUT2D eigenvalue weighted by molar-refractivity contribution is 6.04. The molecule has 0 atom stereocenters. The maximum absolute atomic E-state index is 13.4. The van der Waals surface area contributed by atoms with Crippen molar-refractivity contribution in [2.24, 2.45) is 0 Å². The van der Waals surface area contributed by atoms with Crippen molar-refractivity contribution in [3.8, 4) is 0 Å². The number of carbonyl (C=O) groups excluding carboxylic acids is 3. The van der Waals surface area contributed by atoms with Crippen LogP contribution in [-0.4, -0.2) is 54.3 Å². The summed E-state index contributed by atoms with van der Waals surface area (Å²) in [6, 6.07) is 3.21. The molecule has 2 aliphatic rings. The third-order valence-corrected chi connectivity index (χ3v) is 7.13. The Bertz CT molecular complexity index is 1570. The quantitative estimate of drug-likeness (QED) is 0.482. The second-order valence-corrected chi connectivity index (χ2v) is 11.1. The van der Waals surface area contributed by atoms with Crippen LogP contribution in [0.1, 0.15) is 91.4 Å². The lowest BCUT2D eigenvalue weighted by Gasteiger charge is -2.29. The van der Waals surface area contributed by atoms with Crippen LogP contribution in [0.5, 0.6) is 0 Å². The van der Waals surface area contributed by atoms with E-state index in [-0.39, 0.29) is 35.4 Å². The Morgan fingerprint density at radius 3 is 2.49 bits per heavy atom. The molecule has 0 unspecified atom stereocenters. The standard InChI is InChI=1S/C28H32N6O5/c1-15-19-14-29-26(32-23(19)34(17-8-6-7-9-17)25(37)22(15)16(2)35)31-21-11-10-18-20(30-21)12-13-33(24(18)36)27(38)39-28(3,4)5/h10-11,14,17H,6-9,12-13H2,1-5H3,(H,29,30,31,32). The number of nitrogens with one attached hydrogen (secondary N) is 1. The molecule has 2 amide bonds. The van der Waals surface area contributed by atoms with Crippen LogP contribution in [0, 0.1) is 6.92 Å². The number of pyridine rings is 2. The Morgan fingerprint density at radius 2 is 1.82 bits per heavy atom. The fraction of sp³-hybridized carbons (Fsp3) is 0.464. The van der Waals surface area contributed by atoms with Crippen molar-refractivity contribution in [2.45, 2.75) is 78.4 Å². The van der Waals surface area contributed by atoms with Gasteiger partial charge in [0.05, 0.1) is 16.8 Å². The van der Waals surface area contributed by atoms with Crippen molar-refractivity contribution >= 4 is 40.6 Å². The van der Waals surface area contributed by atoms with Crippen LogP contribution < -0.4 is 10.9 Å². The lowest BCUT2D eigenvalue weighted by molar-refractivity contribution is 0.0232. The van der Waals surface area contributed by atoms with Crippen LogP contribution in [0.15, 0.2) is 23.1 Å². The van der Waals surface area contributed by atoms with Gasteiger partial charge in [0.2, 0.25) is 5.95 Å². The summed E-state index contributed by atoms with van der Waals surface area (Å²) >= 11 is 0. The zero-order valence-corrected chi connectivity index (χ0v) is 22.8. The van der Waals surface area contributed by atoms with Crippen molar-refractivity contribution in [2.75, 3.05) is 11.9 Å². The number of carbonyl (C=O) groups is 3. The van der Waals surface area contributed by atoms with Gasteiger partial charge in [0.1, 0.15) is 17.1 Å². The number of rotatable bonds is 4. The predicted octanol–water partition coefficient (Wildman–Crippen LogP) is 4.49. The van der Waals surface area contributed by atoms with Gasteiger partial charge >= 0.3 is 6.09 Å². The van der Waals surface area contributed by atoms with E-state index in [0.29, 0.717) is 40.1 Å².